The van der Waals surface area contributed by atoms with E-state index in [2.05, 4.69) is 15.9 Å². The second-order valence-corrected chi connectivity index (χ2v) is 6.60. The summed E-state index contributed by atoms with van der Waals surface area (Å²) in [6, 6.07) is 4.83. The molecule has 1 saturated carbocycles. The van der Waals surface area contributed by atoms with Gasteiger partial charge in [0.15, 0.2) is 0 Å². The van der Waals surface area contributed by atoms with Crippen LogP contribution in [-0.2, 0) is 11.2 Å². The van der Waals surface area contributed by atoms with Gasteiger partial charge in [-0.25, -0.2) is 0 Å². The highest BCUT2D eigenvalue weighted by atomic mass is 79.9. The molecule has 1 aromatic carbocycles. The number of halogens is 1. The highest BCUT2D eigenvalue weighted by molar-refractivity contribution is 9.09. The van der Waals surface area contributed by atoms with E-state index in [9.17, 15) is 14.9 Å². The van der Waals surface area contributed by atoms with Crippen LogP contribution in [0.4, 0.5) is 11.4 Å². The lowest BCUT2D eigenvalue weighted by Crippen LogP contribution is -2.47. The molecular formula is C15H17BrN2O3. The van der Waals surface area contributed by atoms with Crippen LogP contribution in [0, 0.1) is 15.5 Å². The topological polar surface area (TPSA) is 63.4 Å². The Hall–Kier alpha value is -1.43. The van der Waals surface area contributed by atoms with Crippen molar-refractivity contribution in [1.82, 2.24) is 0 Å². The highest BCUT2D eigenvalue weighted by Gasteiger charge is 2.40. The first-order valence-corrected chi connectivity index (χ1v) is 8.30. The van der Waals surface area contributed by atoms with Crippen molar-refractivity contribution >= 4 is 33.2 Å². The van der Waals surface area contributed by atoms with Gasteiger partial charge in [-0.15, -0.1) is 0 Å². The van der Waals surface area contributed by atoms with Crippen LogP contribution in [0.5, 0.6) is 0 Å². The normalized spacial score (nSPS) is 19.9. The second kappa shape index (κ2) is 5.40. The first-order chi connectivity index (χ1) is 10.0. The predicted octanol–water partition coefficient (Wildman–Crippen LogP) is 3.44. The maximum Gasteiger partial charge on any atom is 0.269 e. The monoisotopic (exact) mass is 352 g/mol. The third-order valence-corrected chi connectivity index (χ3v) is 5.85. The van der Waals surface area contributed by atoms with Crippen LogP contribution in [0.2, 0.25) is 0 Å². The Morgan fingerprint density at radius 2 is 2.10 bits per heavy atom. The molecule has 0 atom stereocenters. The summed E-state index contributed by atoms with van der Waals surface area (Å²) in [6.45, 7) is 0.710. The van der Waals surface area contributed by atoms with Crippen molar-refractivity contribution in [2.24, 2.45) is 5.41 Å². The van der Waals surface area contributed by atoms with E-state index in [1.807, 2.05) is 4.90 Å². The quantitative estimate of drug-likeness (QED) is 0.473. The molecule has 6 heteroatoms. The molecule has 0 radical (unpaired) electrons. The number of hydrogen-bond donors (Lipinski definition) is 0. The maximum absolute atomic E-state index is 12.3. The van der Waals surface area contributed by atoms with Crippen LogP contribution in [0.1, 0.15) is 31.2 Å². The number of carbonyl (C=O) groups excluding carboxylic acids is 1. The molecule has 0 saturated heterocycles. The number of benzene rings is 1. The van der Waals surface area contributed by atoms with Gasteiger partial charge in [0, 0.05) is 36.1 Å². The molecule has 1 aliphatic carbocycles. The molecule has 1 amide bonds. The second-order valence-electron chi connectivity index (χ2n) is 6.04. The van der Waals surface area contributed by atoms with E-state index >= 15 is 0 Å². The molecule has 112 valence electrons. The van der Waals surface area contributed by atoms with Crippen LogP contribution in [0.3, 0.4) is 0 Å². The summed E-state index contributed by atoms with van der Waals surface area (Å²) in [5, 5.41) is 11.8. The average molecular weight is 353 g/mol. The zero-order valence-corrected chi connectivity index (χ0v) is 13.3. The molecule has 1 aromatic rings. The summed E-state index contributed by atoms with van der Waals surface area (Å²) in [5.74, 6) is 0.128. The number of nitro groups is 1. The van der Waals surface area contributed by atoms with E-state index in [0.29, 0.717) is 19.4 Å². The van der Waals surface area contributed by atoms with Crippen LogP contribution in [-0.4, -0.2) is 22.7 Å². The van der Waals surface area contributed by atoms with Crippen LogP contribution in [0.15, 0.2) is 18.2 Å². The van der Waals surface area contributed by atoms with Gasteiger partial charge >= 0.3 is 0 Å². The van der Waals surface area contributed by atoms with Crippen LogP contribution in [0.25, 0.3) is 0 Å². The molecule has 1 heterocycles. The zero-order chi connectivity index (χ0) is 15.0. The SMILES string of the molecule is O=C1CCc2cc([N+](=O)[O-])ccc2N1CC1(CBr)CCC1. The lowest BCUT2D eigenvalue weighted by atomic mass is 9.70. The Labute approximate surface area is 131 Å². The molecule has 1 aliphatic heterocycles. The van der Waals surface area contributed by atoms with Gasteiger partial charge in [-0.2, -0.15) is 0 Å². The fourth-order valence-corrected chi connectivity index (χ4v) is 3.92. The number of anilines is 1. The summed E-state index contributed by atoms with van der Waals surface area (Å²) in [7, 11) is 0. The Balaban J connectivity index is 1.92. The molecule has 0 unspecified atom stereocenters. The Bertz CT molecular complexity index is 593. The number of hydrogen-bond acceptors (Lipinski definition) is 3. The largest absolute Gasteiger partial charge is 0.312 e. The minimum absolute atomic E-state index is 0.0990. The van der Waals surface area contributed by atoms with E-state index in [0.717, 1.165) is 29.4 Å². The van der Waals surface area contributed by atoms with Crippen molar-refractivity contribution in [3.63, 3.8) is 0 Å². The fourth-order valence-electron chi connectivity index (χ4n) is 3.18. The number of fused-ring (bicyclic) bond motifs is 1. The van der Waals surface area contributed by atoms with Crippen molar-refractivity contribution in [3.05, 3.63) is 33.9 Å². The molecule has 0 bridgehead atoms. The van der Waals surface area contributed by atoms with Crippen molar-refractivity contribution in [3.8, 4) is 0 Å². The number of rotatable bonds is 4. The Morgan fingerprint density at radius 3 is 2.67 bits per heavy atom. The standard InChI is InChI=1S/C15H17BrN2O3/c16-9-15(6-1-7-15)10-17-13-4-3-12(18(20)21)8-11(13)2-5-14(17)19/h3-4,8H,1-2,5-7,9-10H2. The van der Waals surface area contributed by atoms with Gasteiger partial charge in [0.25, 0.3) is 5.69 Å². The van der Waals surface area contributed by atoms with Gasteiger partial charge in [0.2, 0.25) is 5.91 Å². The van der Waals surface area contributed by atoms with Gasteiger partial charge in [-0.05, 0) is 36.3 Å². The van der Waals surface area contributed by atoms with Crippen molar-refractivity contribution < 1.29 is 9.72 Å². The molecule has 2 aliphatic rings. The molecule has 3 rings (SSSR count). The van der Waals surface area contributed by atoms with E-state index in [-0.39, 0.29) is 21.9 Å². The summed E-state index contributed by atoms with van der Waals surface area (Å²) < 4.78 is 0. The lowest BCUT2D eigenvalue weighted by Gasteiger charge is -2.45. The minimum atomic E-state index is -0.382. The average Bonchev–Trinajstić information content (AvgIpc) is 2.44. The molecule has 1 fully saturated rings. The number of non-ortho nitro benzene ring substituents is 1. The van der Waals surface area contributed by atoms with E-state index < -0.39 is 0 Å². The Kier molecular flexibility index (Phi) is 3.73. The highest BCUT2D eigenvalue weighted by Crippen LogP contribution is 2.45. The summed E-state index contributed by atoms with van der Waals surface area (Å²) in [4.78, 5) is 24.6. The number of aryl methyl sites for hydroxylation is 1. The summed E-state index contributed by atoms with van der Waals surface area (Å²) >= 11 is 3.57. The third-order valence-electron chi connectivity index (χ3n) is 4.67. The molecule has 0 N–H and O–H groups in total. The van der Waals surface area contributed by atoms with Gasteiger partial charge in [-0.1, -0.05) is 22.4 Å². The molecule has 21 heavy (non-hydrogen) atoms. The molecule has 5 nitrogen and oxygen atoms in total. The number of carbonyl (C=O) groups is 1. The van der Waals surface area contributed by atoms with Gasteiger partial charge in [0.05, 0.1) is 4.92 Å². The van der Waals surface area contributed by atoms with Gasteiger partial charge < -0.3 is 4.90 Å². The predicted molar refractivity (Wildman–Crippen MR) is 83.8 cm³/mol. The van der Waals surface area contributed by atoms with Gasteiger partial charge in [-0.3, -0.25) is 14.9 Å². The zero-order valence-electron chi connectivity index (χ0n) is 11.7. The fraction of sp³-hybridized carbons (Fsp3) is 0.533. The van der Waals surface area contributed by atoms with E-state index in [4.69, 9.17) is 0 Å². The van der Waals surface area contributed by atoms with Crippen LogP contribution >= 0.6 is 15.9 Å². The Morgan fingerprint density at radius 1 is 1.33 bits per heavy atom. The summed E-state index contributed by atoms with van der Waals surface area (Å²) in [5.41, 5.74) is 2.03. The maximum atomic E-state index is 12.3. The number of alkyl halides is 1. The van der Waals surface area contributed by atoms with E-state index in [1.54, 1.807) is 12.1 Å². The first kappa shape index (κ1) is 14.5. The smallest absolute Gasteiger partial charge is 0.269 e. The van der Waals surface area contributed by atoms with Gasteiger partial charge in [0.1, 0.15) is 0 Å². The number of nitro benzene ring substituents is 1. The van der Waals surface area contributed by atoms with Crippen molar-refractivity contribution in [1.29, 1.82) is 0 Å². The molecule has 0 aromatic heterocycles. The third kappa shape index (κ3) is 2.57. The first-order valence-electron chi connectivity index (χ1n) is 7.18. The molecule has 0 spiro atoms. The van der Waals surface area contributed by atoms with E-state index in [1.165, 1.54) is 12.5 Å². The molecular weight excluding hydrogens is 336 g/mol. The van der Waals surface area contributed by atoms with Crippen molar-refractivity contribution in [2.45, 2.75) is 32.1 Å². The number of amides is 1. The lowest BCUT2D eigenvalue weighted by molar-refractivity contribution is -0.384. The van der Waals surface area contributed by atoms with Crippen molar-refractivity contribution in [2.75, 3.05) is 16.8 Å². The minimum Gasteiger partial charge on any atom is -0.312 e. The van der Waals surface area contributed by atoms with Crippen LogP contribution < -0.4 is 4.90 Å². The summed E-state index contributed by atoms with van der Waals surface area (Å²) in [6.07, 6.45) is 4.50. The number of nitrogens with zero attached hydrogens (tertiary/aromatic N) is 2.